The van der Waals surface area contributed by atoms with Gasteiger partial charge in [-0.25, -0.2) is 0 Å². The zero-order chi connectivity index (χ0) is 8.67. The van der Waals surface area contributed by atoms with Crippen molar-refractivity contribution in [1.29, 1.82) is 0 Å². The van der Waals surface area contributed by atoms with E-state index in [4.69, 9.17) is 0 Å². The molecule has 0 saturated carbocycles. The van der Waals surface area contributed by atoms with Crippen molar-refractivity contribution in [3.63, 3.8) is 0 Å². The van der Waals surface area contributed by atoms with Gasteiger partial charge < -0.3 is 4.98 Å². The van der Waals surface area contributed by atoms with Crippen LogP contribution in [-0.4, -0.2) is 4.98 Å². The van der Waals surface area contributed by atoms with Crippen LogP contribution in [0, 0.1) is 6.07 Å². The fourth-order valence-electron chi connectivity index (χ4n) is 1.73. The van der Waals surface area contributed by atoms with E-state index in [-0.39, 0.29) is 0 Å². The van der Waals surface area contributed by atoms with Gasteiger partial charge in [-0.15, -0.1) is 11.5 Å². The van der Waals surface area contributed by atoms with E-state index in [1.54, 1.807) is 0 Å². The van der Waals surface area contributed by atoms with Crippen molar-refractivity contribution < 1.29 is 0 Å². The van der Waals surface area contributed by atoms with Crippen LogP contribution in [0.3, 0.4) is 0 Å². The molecule has 2 heteroatoms. The predicted octanol–water partition coefficient (Wildman–Crippen LogP) is 3.12. The molecular formula is C12H8NRf-. The third-order valence-corrected chi connectivity index (χ3v) is 2.35. The molecule has 0 fully saturated rings. The molecule has 1 heterocycles. The molecule has 1 aromatic heterocycles. The maximum atomic E-state index is 3.36. The number of aromatic amines is 1. The fourth-order valence-corrected chi connectivity index (χ4v) is 1.73. The zero-order valence-corrected chi connectivity index (χ0v) is 14.1. The van der Waals surface area contributed by atoms with Crippen molar-refractivity contribution in [2.75, 3.05) is 0 Å². The molecule has 0 amide bonds. The van der Waals surface area contributed by atoms with Crippen molar-refractivity contribution in [2.24, 2.45) is 0 Å². The van der Waals surface area contributed by atoms with Crippen molar-refractivity contribution >= 4 is 21.8 Å². The van der Waals surface area contributed by atoms with Crippen molar-refractivity contribution in [3.05, 3.63) is 48.5 Å². The Bertz CT molecular complexity index is 518. The first-order valence-corrected chi connectivity index (χ1v) is 4.32. The first-order chi connectivity index (χ1) is 6.45. The van der Waals surface area contributed by atoms with Crippen LogP contribution in [0.25, 0.3) is 21.8 Å². The third kappa shape index (κ3) is 0.845. The van der Waals surface area contributed by atoms with Crippen LogP contribution in [0.1, 0.15) is 0 Å². The van der Waals surface area contributed by atoms with Gasteiger partial charge in [-0.1, -0.05) is 23.7 Å². The number of aromatic nitrogens is 1. The molecule has 0 radical (unpaired) electrons. The Morgan fingerprint density at radius 2 is 1.71 bits per heavy atom. The normalized spacial score (nSPS) is 10.3. The number of fused-ring (bicyclic) bond motifs is 3. The van der Waals surface area contributed by atoms with Crippen LogP contribution in [0.15, 0.2) is 42.5 Å². The summed E-state index contributed by atoms with van der Waals surface area (Å²) in [7, 11) is 0. The standard InChI is InChI=1S/C12H8N.Rf/c1-3-7-11-9(5-1)10-6-2-4-8-12(10)13-11;/h1,3-8,13H;/q-1;. The van der Waals surface area contributed by atoms with E-state index in [0.29, 0.717) is 0 Å². The first-order valence-electron chi connectivity index (χ1n) is 4.32. The average Bonchev–Trinajstić information content (AvgIpc) is 2.56. The van der Waals surface area contributed by atoms with Gasteiger partial charge in [0.25, 0.3) is 0 Å². The Morgan fingerprint density at radius 3 is 2.64 bits per heavy atom. The van der Waals surface area contributed by atoms with E-state index >= 15 is 0 Å². The molecule has 0 saturated heterocycles. The Hall–Kier alpha value is -2.76. The van der Waals surface area contributed by atoms with Gasteiger partial charge >= 0.3 is 0 Å². The van der Waals surface area contributed by atoms with Gasteiger partial charge in [0.2, 0.25) is 0 Å². The van der Waals surface area contributed by atoms with Gasteiger partial charge in [0.15, 0.2) is 0 Å². The minimum absolute atomic E-state index is 0. The van der Waals surface area contributed by atoms with Crippen LogP contribution >= 0.6 is 0 Å². The summed E-state index contributed by atoms with van der Waals surface area (Å²) in [6.07, 6.45) is 0. The fraction of sp³-hybridized carbons (Fsp3) is 0. The minimum Gasteiger partial charge on any atom is -0.378 e. The van der Waals surface area contributed by atoms with Crippen LogP contribution < -0.4 is 0 Å². The molecule has 0 unspecified atom stereocenters. The molecule has 0 aliphatic rings. The molecule has 0 bridgehead atoms. The van der Waals surface area contributed by atoms with Crippen molar-refractivity contribution in [1.82, 2.24) is 4.98 Å². The summed E-state index contributed by atoms with van der Waals surface area (Å²) in [5, 5.41) is 2.52. The third-order valence-electron chi connectivity index (χ3n) is 2.35. The summed E-state index contributed by atoms with van der Waals surface area (Å²) in [5.74, 6) is 0. The summed E-state index contributed by atoms with van der Waals surface area (Å²) < 4.78 is 0. The number of rotatable bonds is 0. The van der Waals surface area contributed by atoms with Gasteiger partial charge in [-0.3, -0.25) is 0 Å². The van der Waals surface area contributed by atoms with Gasteiger partial charge in [0.05, 0.1) is 0 Å². The number of benzene rings is 2. The van der Waals surface area contributed by atoms with Crippen LogP contribution in [0.2, 0.25) is 0 Å². The first kappa shape index (κ1) is 7.87. The largest absolute Gasteiger partial charge is 0.378 e. The topological polar surface area (TPSA) is 15.8 Å². The summed E-state index contributed by atoms with van der Waals surface area (Å²) in [4.78, 5) is 3.36. The Balaban J connectivity index is 0.000000750. The number of hydrogen-bond acceptors (Lipinski definition) is 0. The molecule has 0 atom stereocenters. The van der Waals surface area contributed by atoms with Gasteiger partial charge in [0, 0.05) is 5.52 Å². The van der Waals surface area contributed by atoms with E-state index in [0.717, 1.165) is 0 Å². The molecule has 0 spiro atoms. The Morgan fingerprint density at radius 1 is 0.929 bits per heavy atom. The molecule has 3 rings (SSSR count). The summed E-state index contributed by atoms with van der Waals surface area (Å²) in [6, 6.07) is 17.4. The number of nitrogens with one attached hydrogen (secondary N) is 1. The molecule has 2 aromatic carbocycles. The molecule has 0 aliphatic heterocycles. The summed E-state index contributed by atoms with van der Waals surface area (Å²) in [5.41, 5.74) is 2.37. The monoisotopic (exact) mass is 433 g/mol. The maximum absolute atomic E-state index is 3.36. The van der Waals surface area contributed by atoms with Crippen molar-refractivity contribution in [2.45, 2.75) is 0 Å². The molecule has 3 aromatic rings. The molecule has 64 valence electrons. The molecule has 14 heavy (non-hydrogen) atoms. The summed E-state index contributed by atoms with van der Waals surface area (Å²) >= 11 is 0. The van der Waals surface area contributed by atoms with Crippen LogP contribution in [0.5, 0.6) is 0 Å². The van der Waals surface area contributed by atoms with Crippen molar-refractivity contribution in [3.8, 4) is 0 Å². The predicted molar refractivity (Wildman–Crippen MR) is 54.6 cm³/mol. The van der Waals surface area contributed by atoms with E-state index in [1.807, 2.05) is 18.2 Å². The number of para-hydroxylation sites is 1. The average molecular weight is 433 g/mol. The second-order valence-corrected chi connectivity index (χ2v) is 3.14. The van der Waals surface area contributed by atoms with Crippen LogP contribution in [-0.2, 0) is 0 Å². The Labute approximate surface area is 76.0 Å². The number of H-pyrrole nitrogens is 1. The smallest absolute Gasteiger partial charge is 0.0322 e. The minimum atomic E-state index is 0. The molecule has 1 N–H and O–H groups in total. The SMILES string of the molecule is [Rf].[c-]1ccc2[nH]c3ccccc3c2c1. The molecular weight excluding hydrogens is 425 g/mol. The van der Waals surface area contributed by atoms with E-state index in [1.165, 1.54) is 21.8 Å². The molecule has 0 aliphatic carbocycles. The van der Waals surface area contributed by atoms with Crippen LogP contribution in [0.4, 0.5) is 0 Å². The quantitative estimate of drug-likeness (QED) is 0.525. The van der Waals surface area contributed by atoms with E-state index in [9.17, 15) is 0 Å². The zero-order valence-electron chi connectivity index (χ0n) is 7.75. The van der Waals surface area contributed by atoms with Gasteiger partial charge in [-0.2, -0.15) is 18.2 Å². The maximum Gasteiger partial charge on any atom is 0.0322 e. The van der Waals surface area contributed by atoms with E-state index < -0.39 is 0 Å². The van der Waals surface area contributed by atoms with Gasteiger partial charge in [0.1, 0.15) is 0 Å². The van der Waals surface area contributed by atoms with E-state index in [2.05, 4.69) is 35.3 Å². The van der Waals surface area contributed by atoms with Gasteiger partial charge in [-0.05, 0) is 11.5 Å². The second-order valence-electron chi connectivity index (χ2n) is 3.14. The number of hydrogen-bond donors (Lipinski definition) is 1. The molecule has 1 nitrogen and oxygen atoms in total. The Kier molecular flexibility index (Phi) is 1.48. The summed E-state index contributed by atoms with van der Waals surface area (Å²) in [6.45, 7) is 0. The second kappa shape index (κ2) is 2.63.